The van der Waals surface area contributed by atoms with Gasteiger partial charge in [-0.1, -0.05) is 12.1 Å². The summed E-state index contributed by atoms with van der Waals surface area (Å²) in [6, 6.07) is 14.0. The number of methoxy groups -OCH3 is 2. The second-order valence-corrected chi connectivity index (χ2v) is 5.03. The van der Waals surface area contributed by atoms with Crippen LogP contribution in [0.3, 0.4) is 0 Å². The molecule has 4 nitrogen and oxygen atoms in total. The summed E-state index contributed by atoms with van der Waals surface area (Å²) >= 11 is 0. The number of hydrogen-bond donors (Lipinski definition) is 0. The molecule has 4 heteroatoms. The van der Waals surface area contributed by atoms with Crippen LogP contribution < -0.4 is 4.74 Å². The van der Waals surface area contributed by atoms with Crippen molar-refractivity contribution in [3.8, 4) is 17.1 Å². The standard InChI is InChI=1S/C18H18O4/c1-12-9-14-10-15(22-18(19-2)20-3)7-6-13(14)11-16(12)17-5-4-8-21-17/h4-11,18H,1-3H3. The van der Waals surface area contributed by atoms with E-state index in [4.69, 9.17) is 18.6 Å². The van der Waals surface area contributed by atoms with Crippen LogP contribution in [-0.4, -0.2) is 20.7 Å². The first kappa shape index (κ1) is 14.6. The number of furan rings is 1. The zero-order valence-corrected chi connectivity index (χ0v) is 12.8. The van der Waals surface area contributed by atoms with E-state index in [0.29, 0.717) is 5.75 Å². The Labute approximate surface area is 129 Å². The van der Waals surface area contributed by atoms with Crippen molar-refractivity contribution in [1.82, 2.24) is 0 Å². The average Bonchev–Trinajstić information content (AvgIpc) is 3.06. The fourth-order valence-corrected chi connectivity index (χ4v) is 2.46. The fraction of sp³-hybridized carbons (Fsp3) is 0.222. The molecule has 0 amide bonds. The Hall–Kier alpha value is -2.30. The Kier molecular flexibility index (Phi) is 4.13. The van der Waals surface area contributed by atoms with Crippen molar-refractivity contribution in [3.63, 3.8) is 0 Å². The average molecular weight is 298 g/mol. The highest BCUT2D eigenvalue weighted by Gasteiger charge is 2.10. The molecule has 22 heavy (non-hydrogen) atoms. The van der Waals surface area contributed by atoms with E-state index >= 15 is 0 Å². The van der Waals surface area contributed by atoms with E-state index < -0.39 is 6.48 Å². The first-order valence-corrected chi connectivity index (χ1v) is 7.02. The summed E-state index contributed by atoms with van der Waals surface area (Å²) in [4.78, 5) is 0. The van der Waals surface area contributed by atoms with Gasteiger partial charge in [0.25, 0.3) is 0 Å². The van der Waals surface area contributed by atoms with Gasteiger partial charge < -0.3 is 18.6 Å². The van der Waals surface area contributed by atoms with Crippen molar-refractivity contribution in [2.45, 2.75) is 13.4 Å². The van der Waals surface area contributed by atoms with Crippen LogP contribution >= 0.6 is 0 Å². The number of aryl methyl sites for hydroxylation is 1. The fourth-order valence-electron chi connectivity index (χ4n) is 2.46. The Morgan fingerprint density at radius 1 is 0.955 bits per heavy atom. The molecular formula is C18H18O4. The summed E-state index contributed by atoms with van der Waals surface area (Å²) < 4.78 is 21.2. The highest BCUT2D eigenvalue weighted by molar-refractivity contribution is 5.89. The molecule has 0 spiro atoms. The molecule has 0 atom stereocenters. The molecule has 114 valence electrons. The predicted molar refractivity (Wildman–Crippen MR) is 84.8 cm³/mol. The molecular weight excluding hydrogens is 280 g/mol. The van der Waals surface area contributed by atoms with Crippen LogP contribution in [-0.2, 0) is 9.47 Å². The summed E-state index contributed by atoms with van der Waals surface area (Å²) in [5.74, 6) is 1.57. The van der Waals surface area contributed by atoms with Crippen molar-refractivity contribution < 1.29 is 18.6 Å². The Bertz CT molecular complexity index is 758. The Balaban J connectivity index is 1.98. The van der Waals surface area contributed by atoms with E-state index in [0.717, 1.165) is 27.7 Å². The maximum Gasteiger partial charge on any atom is 0.315 e. The largest absolute Gasteiger partial charge is 0.464 e. The second kappa shape index (κ2) is 6.22. The number of hydrogen-bond acceptors (Lipinski definition) is 4. The van der Waals surface area contributed by atoms with E-state index in [-0.39, 0.29) is 0 Å². The molecule has 3 aromatic rings. The van der Waals surface area contributed by atoms with E-state index in [2.05, 4.69) is 19.1 Å². The van der Waals surface area contributed by atoms with E-state index in [1.165, 1.54) is 14.2 Å². The van der Waals surface area contributed by atoms with Gasteiger partial charge in [-0.3, -0.25) is 0 Å². The molecule has 0 bridgehead atoms. The predicted octanol–water partition coefficient (Wildman–Crippen LogP) is 4.36. The SMILES string of the molecule is COC(OC)Oc1ccc2cc(-c3ccco3)c(C)cc2c1. The normalized spacial score (nSPS) is 11.3. The van der Waals surface area contributed by atoms with Crippen molar-refractivity contribution in [1.29, 1.82) is 0 Å². The lowest BCUT2D eigenvalue weighted by molar-refractivity contribution is -0.219. The van der Waals surface area contributed by atoms with Crippen LogP contribution in [0.4, 0.5) is 0 Å². The van der Waals surface area contributed by atoms with Crippen LogP contribution in [0.15, 0.2) is 53.1 Å². The summed E-state index contributed by atoms with van der Waals surface area (Å²) in [7, 11) is 3.07. The lowest BCUT2D eigenvalue weighted by atomic mass is 10.00. The Morgan fingerprint density at radius 2 is 1.77 bits per heavy atom. The van der Waals surface area contributed by atoms with Crippen molar-refractivity contribution in [3.05, 3.63) is 54.3 Å². The topological polar surface area (TPSA) is 40.8 Å². The van der Waals surface area contributed by atoms with Crippen molar-refractivity contribution >= 4 is 10.8 Å². The van der Waals surface area contributed by atoms with Crippen LogP contribution in [0.1, 0.15) is 5.56 Å². The minimum Gasteiger partial charge on any atom is -0.464 e. The van der Waals surface area contributed by atoms with Crippen LogP contribution in [0.5, 0.6) is 5.75 Å². The highest BCUT2D eigenvalue weighted by Crippen LogP contribution is 2.30. The molecule has 1 aromatic heterocycles. The van der Waals surface area contributed by atoms with Crippen LogP contribution in [0.25, 0.3) is 22.1 Å². The smallest absolute Gasteiger partial charge is 0.315 e. The van der Waals surface area contributed by atoms with Gasteiger partial charge in [-0.25, -0.2) is 0 Å². The third kappa shape index (κ3) is 2.84. The number of rotatable bonds is 5. The third-order valence-electron chi connectivity index (χ3n) is 3.56. The van der Waals surface area contributed by atoms with Gasteiger partial charge in [0.05, 0.1) is 6.26 Å². The summed E-state index contributed by atoms with van der Waals surface area (Å²) in [5.41, 5.74) is 2.24. The number of fused-ring (bicyclic) bond motifs is 1. The molecule has 0 aliphatic carbocycles. The van der Waals surface area contributed by atoms with Crippen molar-refractivity contribution in [2.24, 2.45) is 0 Å². The molecule has 0 aliphatic heterocycles. The van der Waals surface area contributed by atoms with Crippen LogP contribution in [0, 0.1) is 6.92 Å². The molecule has 0 aliphatic rings. The van der Waals surface area contributed by atoms with Gasteiger partial charge in [-0.05, 0) is 53.6 Å². The zero-order chi connectivity index (χ0) is 15.5. The second-order valence-electron chi connectivity index (χ2n) is 5.03. The summed E-state index contributed by atoms with van der Waals surface area (Å²) in [6.45, 7) is 1.36. The van der Waals surface area contributed by atoms with E-state index in [9.17, 15) is 0 Å². The quantitative estimate of drug-likeness (QED) is 0.656. The molecule has 0 saturated carbocycles. The third-order valence-corrected chi connectivity index (χ3v) is 3.56. The summed E-state index contributed by atoms with van der Waals surface area (Å²) in [6.07, 6.45) is 1.69. The Morgan fingerprint density at radius 3 is 2.45 bits per heavy atom. The molecule has 2 aromatic carbocycles. The molecule has 0 saturated heterocycles. The first-order chi connectivity index (χ1) is 10.7. The molecule has 0 N–H and O–H groups in total. The maximum absolute atomic E-state index is 5.60. The monoisotopic (exact) mass is 298 g/mol. The van der Waals surface area contributed by atoms with Gasteiger partial charge in [-0.2, -0.15) is 0 Å². The van der Waals surface area contributed by atoms with Gasteiger partial charge in [0.1, 0.15) is 11.5 Å². The van der Waals surface area contributed by atoms with Gasteiger partial charge >= 0.3 is 6.48 Å². The molecule has 3 rings (SSSR count). The minimum absolute atomic E-state index is 0.700. The van der Waals surface area contributed by atoms with E-state index in [1.807, 2.05) is 30.3 Å². The number of benzene rings is 2. The first-order valence-electron chi connectivity index (χ1n) is 7.02. The van der Waals surface area contributed by atoms with Crippen LogP contribution in [0.2, 0.25) is 0 Å². The maximum atomic E-state index is 5.60. The highest BCUT2D eigenvalue weighted by atomic mass is 16.8. The number of ether oxygens (including phenoxy) is 3. The minimum atomic E-state index is -0.707. The van der Waals surface area contributed by atoms with Gasteiger partial charge in [0, 0.05) is 19.8 Å². The van der Waals surface area contributed by atoms with Gasteiger partial charge in [-0.15, -0.1) is 0 Å². The lowest BCUT2D eigenvalue weighted by Crippen LogP contribution is -2.20. The van der Waals surface area contributed by atoms with E-state index in [1.54, 1.807) is 6.26 Å². The lowest BCUT2D eigenvalue weighted by Gasteiger charge is -2.15. The van der Waals surface area contributed by atoms with Gasteiger partial charge in [0.2, 0.25) is 0 Å². The molecule has 0 unspecified atom stereocenters. The molecule has 0 fully saturated rings. The summed E-state index contributed by atoms with van der Waals surface area (Å²) in [5, 5.41) is 2.21. The van der Waals surface area contributed by atoms with Gasteiger partial charge in [0.15, 0.2) is 0 Å². The molecule has 1 heterocycles. The zero-order valence-electron chi connectivity index (χ0n) is 12.8. The molecule has 0 radical (unpaired) electrons. The van der Waals surface area contributed by atoms with Crippen molar-refractivity contribution in [2.75, 3.05) is 14.2 Å².